The number of hydrogen-bond acceptors (Lipinski definition) is 3. The summed E-state index contributed by atoms with van der Waals surface area (Å²) in [5.41, 5.74) is 0. The van der Waals surface area contributed by atoms with E-state index in [0.717, 1.165) is 17.3 Å². The van der Waals surface area contributed by atoms with Gasteiger partial charge >= 0.3 is 7.82 Å². The Hall–Kier alpha value is 0.0700. The third kappa shape index (κ3) is 18.1. The van der Waals surface area contributed by atoms with E-state index in [4.69, 9.17) is 9.05 Å². The molecule has 0 saturated carbocycles. The van der Waals surface area contributed by atoms with Gasteiger partial charge in [0.05, 0.1) is 25.7 Å². The zero-order valence-electron chi connectivity index (χ0n) is 23.2. The van der Waals surface area contributed by atoms with Crippen LogP contribution in [0.15, 0.2) is 0 Å². The van der Waals surface area contributed by atoms with Gasteiger partial charge in [-0.3, -0.25) is 9.05 Å². The van der Waals surface area contributed by atoms with Gasteiger partial charge in [0.25, 0.3) is 0 Å². The number of unbranched alkanes of at least 4 members (excludes halogenated alkanes) is 15. The molecule has 0 fully saturated rings. The van der Waals surface area contributed by atoms with Crippen LogP contribution < -0.4 is 0 Å². The molecule has 0 radical (unpaired) electrons. The Morgan fingerprint density at radius 1 is 0.636 bits per heavy atom. The van der Waals surface area contributed by atoms with Gasteiger partial charge in [-0.05, 0) is 34.1 Å². The second kappa shape index (κ2) is 20.3. The Morgan fingerprint density at radius 2 is 0.970 bits per heavy atom. The number of phosphoric acid groups is 1. The van der Waals surface area contributed by atoms with Crippen LogP contribution in [0.4, 0.5) is 0 Å². The van der Waals surface area contributed by atoms with Gasteiger partial charge in [0.15, 0.2) is 0 Å². The highest BCUT2D eigenvalue weighted by Gasteiger charge is 2.31. The topological polar surface area (TPSA) is 55.8 Å². The number of nitrogens with zero attached hydrogens (tertiary/aromatic N) is 1. The molecule has 0 aliphatic carbocycles. The number of likely N-dealkylation sites (N-methyl/N-ethyl adjacent to an activating group) is 1. The van der Waals surface area contributed by atoms with E-state index < -0.39 is 7.82 Å². The van der Waals surface area contributed by atoms with Crippen molar-refractivity contribution in [2.45, 2.75) is 149 Å². The second-order valence-electron chi connectivity index (χ2n) is 10.7. The van der Waals surface area contributed by atoms with Crippen molar-refractivity contribution >= 4 is 7.82 Å². The zero-order chi connectivity index (χ0) is 25.0. The average Bonchev–Trinajstić information content (AvgIpc) is 2.75. The fourth-order valence-corrected chi connectivity index (χ4v) is 5.08. The van der Waals surface area contributed by atoms with E-state index in [9.17, 15) is 9.46 Å². The first-order valence-electron chi connectivity index (χ1n) is 14.1. The maximum Gasteiger partial charge on any atom is 0.472 e. The lowest BCUT2D eigenvalue weighted by Gasteiger charge is -2.42. The molecule has 200 valence electrons. The normalized spacial score (nSPS) is 14.3. The third-order valence-corrected chi connectivity index (χ3v) is 8.46. The minimum absolute atomic E-state index is 0.236. The minimum Gasteiger partial charge on any atom is -0.320 e. The maximum atomic E-state index is 12.1. The first-order valence-corrected chi connectivity index (χ1v) is 15.6. The number of quaternary nitrogens is 1. The van der Waals surface area contributed by atoms with Gasteiger partial charge in [0.2, 0.25) is 0 Å². The van der Waals surface area contributed by atoms with Gasteiger partial charge in [0, 0.05) is 0 Å². The second-order valence-corrected chi connectivity index (χ2v) is 12.1. The zero-order valence-corrected chi connectivity index (χ0v) is 24.1. The van der Waals surface area contributed by atoms with Gasteiger partial charge in [0.1, 0.15) is 13.2 Å². The van der Waals surface area contributed by atoms with Gasteiger partial charge in [-0.25, -0.2) is 4.57 Å². The Bertz CT molecular complexity index is 477. The molecule has 5 nitrogen and oxygen atoms in total. The molecular weight excluding hydrogens is 433 g/mol. The van der Waals surface area contributed by atoms with E-state index in [2.05, 4.69) is 41.7 Å². The molecular formula is C27H59NO4P+. The first-order chi connectivity index (χ1) is 15.7. The van der Waals surface area contributed by atoms with Gasteiger partial charge in [-0.2, -0.15) is 0 Å². The van der Waals surface area contributed by atoms with Gasteiger partial charge < -0.3 is 9.38 Å². The van der Waals surface area contributed by atoms with Crippen molar-refractivity contribution in [3.05, 3.63) is 0 Å². The molecule has 0 spiro atoms. The largest absolute Gasteiger partial charge is 0.472 e. The van der Waals surface area contributed by atoms with Crippen molar-refractivity contribution in [2.24, 2.45) is 0 Å². The molecule has 1 unspecified atom stereocenters. The molecule has 0 aromatic carbocycles. The predicted octanol–water partition coefficient (Wildman–Crippen LogP) is 8.64. The lowest BCUT2D eigenvalue weighted by Crippen LogP contribution is -2.56. The number of phosphoric ester groups is 1. The third-order valence-electron chi connectivity index (χ3n) is 7.44. The van der Waals surface area contributed by atoms with Crippen molar-refractivity contribution < 1.29 is 23.0 Å². The Labute approximate surface area is 207 Å². The van der Waals surface area contributed by atoms with Crippen LogP contribution in [0.3, 0.4) is 0 Å². The van der Waals surface area contributed by atoms with E-state index in [-0.39, 0.29) is 6.61 Å². The molecule has 0 amide bonds. The summed E-state index contributed by atoms with van der Waals surface area (Å²) >= 11 is 0. The molecule has 6 heteroatoms. The molecule has 0 bridgehead atoms. The Morgan fingerprint density at radius 3 is 1.33 bits per heavy atom. The molecule has 0 heterocycles. The van der Waals surface area contributed by atoms with Crippen LogP contribution in [0.2, 0.25) is 0 Å². The van der Waals surface area contributed by atoms with Crippen molar-refractivity contribution in [1.29, 1.82) is 0 Å². The molecule has 1 atom stereocenters. The van der Waals surface area contributed by atoms with Crippen LogP contribution in [-0.2, 0) is 13.6 Å². The predicted molar refractivity (Wildman–Crippen MR) is 143 cm³/mol. The van der Waals surface area contributed by atoms with Gasteiger partial charge in [-0.15, -0.1) is 0 Å². The van der Waals surface area contributed by atoms with Crippen molar-refractivity contribution in [1.82, 2.24) is 0 Å². The average molecular weight is 493 g/mol. The SMILES string of the molecule is CCCCCCCCCCCCCCCCCCOP(=O)(O)OCC[N+](C)(C(C)C)C(C)C. The number of hydrogen-bond donors (Lipinski definition) is 1. The molecule has 0 aliphatic rings. The van der Waals surface area contributed by atoms with Crippen LogP contribution in [0.1, 0.15) is 137 Å². The molecule has 0 aliphatic heterocycles. The highest BCUT2D eigenvalue weighted by atomic mass is 31.2. The van der Waals surface area contributed by atoms with Crippen LogP contribution in [0.25, 0.3) is 0 Å². The fraction of sp³-hybridized carbons (Fsp3) is 1.00. The summed E-state index contributed by atoms with van der Waals surface area (Å²) in [6.07, 6.45) is 21.0. The fourth-order valence-electron chi connectivity index (χ4n) is 4.33. The Balaban J connectivity index is 3.54. The van der Waals surface area contributed by atoms with Crippen LogP contribution in [-0.4, -0.2) is 48.3 Å². The van der Waals surface area contributed by atoms with Crippen molar-refractivity contribution in [3.8, 4) is 0 Å². The van der Waals surface area contributed by atoms with E-state index >= 15 is 0 Å². The lowest BCUT2D eigenvalue weighted by molar-refractivity contribution is -0.949. The summed E-state index contributed by atoms with van der Waals surface area (Å²) in [6, 6.07) is 0.857. The van der Waals surface area contributed by atoms with Crippen LogP contribution >= 0.6 is 7.82 Å². The molecule has 0 aromatic rings. The highest BCUT2D eigenvalue weighted by molar-refractivity contribution is 7.47. The molecule has 0 saturated heterocycles. The molecule has 0 aromatic heterocycles. The van der Waals surface area contributed by atoms with Crippen molar-refractivity contribution in [3.63, 3.8) is 0 Å². The smallest absolute Gasteiger partial charge is 0.320 e. The van der Waals surface area contributed by atoms with E-state index in [1.165, 1.54) is 89.9 Å². The summed E-state index contributed by atoms with van der Waals surface area (Å²) < 4.78 is 23.3. The standard InChI is InChI=1S/C27H58NO4P/c1-7-8-9-10-11-12-13-14-15-16-17-18-19-20-21-22-24-31-33(29,30)32-25-23-28(6,26(2)3)27(4)5/h26-27H,7-25H2,1-6H3/p+1. The highest BCUT2D eigenvalue weighted by Crippen LogP contribution is 2.43. The summed E-state index contributed by atoms with van der Waals surface area (Å²) in [7, 11) is -1.77. The molecule has 1 N–H and O–H groups in total. The van der Waals surface area contributed by atoms with Crippen LogP contribution in [0, 0.1) is 0 Å². The first kappa shape index (κ1) is 33.1. The monoisotopic (exact) mass is 492 g/mol. The summed E-state index contributed by atoms with van der Waals surface area (Å²) in [6.45, 7) is 12.2. The molecule has 0 rings (SSSR count). The van der Waals surface area contributed by atoms with E-state index in [0.29, 0.717) is 25.2 Å². The summed E-state index contributed by atoms with van der Waals surface area (Å²) in [5.74, 6) is 0. The van der Waals surface area contributed by atoms with Crippen molar-refractivity contribution in [2.75, 3.05) is 26.8 Å². The lowest BCUT2D eigenvalue weighted by atomic mass is 10.0. The summed E-state index contributed by atoms with van der Waals surface area (Å²) in [5, 5.41) is 0. The van der Waals surface area contributed by atoms with E-state index in [1.54, 1.807) is 0 Å². The van der Waals surface area contributed by atoms with E-state index in [1.807, 2.05) is 0 Å². The van der Waals surface area contributed by atoms with Crippen LogP contribution in [0.5, 0.6) is 0 Å². The van der Waals surface area contributed by atoms with Gasteiger partial charge in [-0.1, -0.05) is 103 Å². The molecule has 33 heavy (non-hydrogen) atoms. The number of rotatable bonds is 24. The Kier molecular flexibility index (Phi) is 20.3. The summed E-state index contributed by atoms with van der Waals surface area (Å²) in [4.78, 5) is 9.92. The minimum atomic E-state index is -3.94. The quantitative estimate of drug-likeness (QED) is 0.0832. The maximum absolute atomic E-state index is 12.1.